The first kappa shape index (κ1) is 15.3. The maximum absolute atomic E-state index is 12.9. The molecule has 7 heteroatoms. The number of benzene rings is 1. The number of aromatic nitrogens is 3. The van der Waals surface area contributed by atoms with Crippen LogP contribution in [0, 0.1) is 6.92 Å². The molecule has 1 aromatic carbocycles. The summed E-state index contributed by atoms with van der Waals surface area (Å²) in [6, 6.07) is 9.82. The summed E-state index contributed by atoms with van der Waals surface area (Å²) >= 11 is 0. The van der Waals surface area contributed by atoms with E-state index in [0.717, 1.165) is 12.1 Å². The molecular weight excluding hydrogens is 318 g/mol. The van der Waals surface area contributed by atoms with Gasteiger partial charge in [0.15, 0.2) is 5.82 Å². The molecule has 2 aromatic heterocycles. The lowest BCUT2D eigenvalue weighted by Crippen LogP contribution is -2.35. The molecule has 1 N–H and O–H groups in total. The van der Waals surface area contributed by atoms with Gasteiger partial charge in [-0.25, -0.2) is 9.97 Å². The largest absolute Gasteiger partial charge is 0.360 e. The van der Waals surface area contributed by atoms with E-state index in [-0.39, 0.29) is 11.9 Å². The lowest BCUT2D eigenvalue weighted by molar-refractivity contribution is 0.0981. The van der Waals surface area contributed by atoms with E-state index in [1.54, 1.807) is 13.0 Å². The number of aryl methyl sites for hydroxylation is 1. The summed E-state index contributed by atoms with van der Waals surface area (Å²) in [4.78, 5) is 23.1. The highest BCUT2D eigenvalue weighted by Gasteiger charge is 2.31. The molecule has 7 nitrogen and oxygen atoms in total. The van der Waals surface area contributed by atoms with Crippen LogP contribution in [0.3, 0.4) is 0 Å². The summed E-state index contributed by atoms with van der Waals surface area (Å²) in [7, 11) is 0. The number of para-hydroxylation sites is 1. The Kier molecular flexibility index (Phi) is 3.68. The van der Waals surface area contributed by atoms with E-state index < -0.39 is 0 Å². The number of carbonyl (C=O) groups is 1. The molecular formula is C18H17N5O2. The third-order valence-corrected chi connectivity index (χ3v) is 4.19. The van der Waals surface area contributed by atoms with Gasteiger partial charge in [-0.1, -0.05) is 23.4 Å². The van der Waals surface area contributed by atoms with Gasteiger partial charge < -0.3 is 14.7 Å². The Morgan fingerprint density at radius 3 is 2.76 bits per heavy atom. The second kappa shape index (κ2) is 6.01. The molecule has 0 bridgehead atoms. The van der Waals surface area contributed by atoms with E-state index in [1.165, 1.54) is 18.0 Å². The molecule has 3 aromatic rings. The quantitative estimate of drug-likeness (QED) is 0.792. The zero-order chi connectivity index (χ0) is 17.4. The second-order valence-corrected chi connectivity index (χ2v) is 6.10. The maximum atomic E-state index is 12.9. The normalized spacial score (nSPS) is 15.9. The van der Waals surface area contributed by atoms with E-state index in [0.29, 0.717) is 23.1 Å². The number of hydrogen-bond acceptors (Lipinski definition) is 6. The number of nitrogens with one attached hydrogen (secondary N) is 1. The van der Waals surface area contributed by atoms with Gasteiger partial charge in [-0.05, 0) is 31.9 Å². The van der Waals surface area contributed by atoms with Gasteiger partial charge in [0.1, 0.15) is 5.76 Å². The van der Waals surface area contributed by atoms with Crippen molar-refractivity contribution < 1.29 is 9.32 Å². The van der Waals surface area contributed by atoms with Crippen LogP contribution in [0.25, 0.3) is 0 Å². The lowest BCUT2D eigenvalue weighted by Gasteiger charge is -2.22. The zero-order valence-corrected chi connectivity index (χ0v) is 13.9. The van der Waals surface area contributed by atoms with Gasteiger partial charge in [0.2, 0.25) is 5.95 Å². The van der Waals surface area contributed by atoms with Gasteiger partial charge in [-0.3, -0.25) is 4.79 Å². The summed E-state index contributed by atoms with van der Waals surface area (Å²) in [5.74, 6) is 1.48. The third kappa shape index (κ3) is 2.84. The molecule has 126 valence electrons. The van der Waals surface area contributed by atoms with Crippen molar-refractivity contribution in [3.63, 3.8) is 0 Å². The van der Waals surface area contributed by atoms with Crippen LogP contribution in [0.1, 0.15) is 28.6 Å². The van der Waals surface area contributed by atoms with Gasteiger partial charge in [0, 0.05) is 30.2 Å². The first-order chi connectivity index (χ1) is 12.1. The van der Waals surface area contributed by atoms with Crippen LogP contribution in [-0.4, -0.2) is 27.1 Å². The Hall–Kier alpha value is -3.22. The molecule has 0 radical (unpaired) electrons. The standard InChI is InChI=1S/C18H17N5O2/c1-11-7-13-5-3-4-6-15(13)23(11)17(24)14-9-19-18(20-10-14)21-16-8-12(2)25-22-16/h3-6,8-11H,7H2,1-2H3,(H,19,20,21,22). The summed E-state index contributed by atoms with van der Waals surface area (Å²) < 4.78 is 4.98. The molecule has 25 heavy (non-hydrogen) atoms. The predicted octanol–water partition coefficient (Wildman–Crippen LogP) is 3.11. The molecule has 1 atom stereocenters. The van der Waals surface area contributed by atoms with E-state index in [2.05, 4.69) is 26.5 Å². The first-order valence-corrected chi connectivity index (χ1v) is 8.05. The number of carbonyl (C=O) groups excluding carboxylic acids is 1. The van der Waals surface area contributed by atoms with Crippen LogP contribution in [0.5, 0.6) is 0 Å². The minimum absolute atomic E-state index is 0.0960. The Morgan fingerprint density at radius 2 is 2.04 bits per heavy atom. The molecule has 0 aliphatic carbocycles. The van der Waals surface area contributed by atoms with Gasteiger partial charge in [0.25, 0.3) is 5.91 Å². The molecule has 0 saturated carbocycles. The first-order valence-electron chi connectivity index (χ1n) is 8.05. The molecule has 3 heterocycles. The summed E-state index contributed by atoms with van der Waals surface area (Å²) in [5.41, 5.74) is 2.59. The Balaban J connectivity index is 1.55. The van der Waals surface area contributed by atoms with Gasteiger partial charge in [-0.15, -0.1) is 0 Å². The average molecular weight is 335 g/mol. The van der Waals surface area contributed by atoms with Crippen LogP contribution in [0.2, 0.25) is 0 Å². The van der Waals surface area contributed by atoms with E-state index >= 15 is 0 Å². The van der Waals surface area contributed by atoms with Crippen molar-refractivity contribution in [2.45, 2.75) is 26.3 Å². The average Bonchev–Trinajstić information content (AvgIpc) is 3.17. The fourth-order valence-corrected chi connectivity index (χ4v) is 3.06. The Morgan fingerprint density at radius 1 is 1.28 bits per heavy atom. The van der Waals surface area contributed by atoms with Crippen LogP contribution >= 0.6 is 0 Å². The molecule has 1 aliphatic rings. The minimum atomic E-state index is -0.0960. The van der Waals surface area contributed by atoms with Crippen molar-refractivity contribution in [3.8, 4) is 0 Å². The number of amides is 1. The summed E-state index contributed by atoms with van der Waals surface area (Å²) in [6.45, 7) is 3.84. The van der Waals surface area contributed by atoms with Crippen LogP contribution in [-0.2, 0) is 6.42 Å². The lowest BCUT2D eigenvalue weighted by atomic mass is 10.1. The zero-order valence-electron chi connectivity index (χ0n) is 13.9. The molecule has 0 saturated heterocycles. The van der Waals surface area contributed by atoms with E-state index in [1.807, 2.05) is 30.0 Å². The monoisotopic (exact) mass is 335 g/mol. The molecule has 4 rings (SSSR count). The SMILES string of the molecule is Cc1cc(Nc2ncc(C(=O)N3c4ccccc4CC3C)cn2)no1. The highest BCUT2D eigenvalue weighted by atomic mass is 16.5. The third-order valence-electron chi connectivity index (χ3n) is 4.19. The number of nitrogens with zero attached hydrogens (tertiary/aromatic N) is 4. The number of hydrogen-bond donors (Lipinski definition) is 1. The van der Waals surface area contributed by atoms with Gasteiger partial charge >= 0.3 is 0 Å². The molecule has 0 fully saturated rings. The molecule has 1 unspecified atom stereocenters. The number of fused-ring (bicyclic) bond motifs is 1. The fourth-order valence-electron chi connectivity index (χ4n) is 3.06. The molecule has 1 aliphatic heterocycles. The van der Waals surface area contributed by atoms with Crippen molar-refractivity contribution in [1.29, 1.82) is 0 Å². The second-order valence-electron chi connectivity index (χ2n) is 6.10. The van der Waals surface area contributed by atoms with Crippen molar-refractivity contribution in [2.75, 3.05) is 10.2 Å². The highest BCUT2D eigenvalue weighted by Crippen LogP contribution is 2.32. The fraction of sp³-hybridized carbons (Fsp3) is 0.222. The van der Waals surface area contributed by atoms with Gasteiger partial charge in [-0.2, -0.15) is 0 Å². The number of rotatable bonds is 3. The van der Waals surface area contributed by atoms with Crippen LogP contribution < -0.4 is 10.2 Å². The summed E-state index contributed by atoms with van der Waals surface area (Å²) in [6.07, 6.45) is 3.91. The van der Waals surface area contributed by atoms with Crippen LogP contribution in [0.4, 0.5) is 17.5 Å². The smallest absolute Gasteiger partial charge is 0.261 e. The maximum Gasteiger partial charge on any atom is 0.261 e. The molecule has 0 spiro atoms. The highest BCUT2D eigenvalue weighted by molar-refractivity contribution is 6.07. The van der Waals surface area contributed by atoms with Crippen molar-refractivity contribution >= 4 is 23.4 Å². The Labute approximate surface area is 144 Å². The van der Waals surface area contributed by atoms with Gasteiger partial charge in [0.05, 0.1) is 5.56 Å². The Bertz CT molecular complexity index is 919. The van der Waals surface area contributed by atoms with Crippen molar-refractivity contribution in [3.05, 3.63) is 59.6 Å². The van der Waals surface area contributed by atoms with E-state index in [4.69, 9.17) is 4.52 Å². The number of anilines is 3. The molecule has 1 amide bonds. The minimum Gasteiger partial charge on any atom is -0.360 e. The summed E-state index contributed by atoms with van der Waals surface area (Å²) in [5, 5.41) is 6.76. The van der Waals surface area contributed by atoms with Crippen LogP contribution in [0.15, 0.2) is 47.2 Å². The van der Waals surface area contributed by atoms with E-state index in [9.17, 15) is 4.79 Å². The predicted molar refractivity (Wildman–Crippen MR) is 93.0 cm³/mol. The topological polar surface area (TPSA) is 84.2 Å². The van der Waals surface area contributed by atoms with Crippen molar-refractivity contribution in [2.24, 2.45) is 0 Å². The van der Waals surface area contributed by atoms with Crippen molar-refractivity contribution in [1.82, 2.24) is 15.1 Å².